The molecule has 2 atom stereocenters. The first kappa shape index (κ1) is 25.1. The van der Waals surface area contributed by atoms with Crippen LogP contribution in [0.5, 0.6) is 0 Å². The van der Waals surface area contributed by atoms with Gasteiger partial charge in [-0.25, -0.2) is 9.48 Å². The zero-order valence-electron chi connectivity index (χ0n) is 16.7. The number of anilines is 1. The smallest absolute Gasteiger partial charge is 0.312 e. The van der Waals surface area contributed by atoms with Crippen molar-refractivity contribution in [3.8, 4) is 0 Å². The van der Waals surface area contributed by atoms with Crippen molar-refractivity contribution in [1.82, 2.24) is 20.3 Å². The molecule has 2 rings (SSSR count). The number of primary amides is 1. The molecule has 0 bridgehead atoms. The maximum absolute atomic E-state index is 12.9. The number of urea groups is 1. The van der Waals surface area contributed by atoms with Crippen LogP contribution in [0.3, 0.4) is 0 Å². The molecule has 7 N–H and O–H groups in total. The molecule has 0 saturated carbocycles. The molecule has 0 radical (unpaired) electrons. The van der Waals surface area contributed by atoms with Crippen LogP contribution in [0.1, 0.15) is 57.5 Å². The number of aliphatic hydroxyl groups excluding tert-OH is 1. The first-order chi connectivity index (χ1) is 13.8. The summed E-state index contributed by atoms with van der Waals surface area (Å²) in [5.74, 6) is -0.0902. The number of hydrogen-bond donors (Lipinski definition) is 5. The van der Waals surface area contributed by atoms with Crippen LogP contribution in [0, 0.1) is 5.92 Å². The van der Waals surface area contributed by atoms with Gasteiger partial charge in [0.25, 0.3) is 0 Å². The Kier molecular flexibility index (Phi) is 9.93. The van der Waals surface area contributed by atoms with Crippen LogP contribution < -0.4 is 22.1 Å². The number of carbonyl (C=O) groups excluding carboxylic acids is 2. The lowest BCUT2D eigenvalue weighted by Crippen LogP contribution is -2.31. The monoisotopic (exact) mass is 419 g/mol. The van der Waals surface area contributed by atoms with E-state index in [2.05, 4.69) is 20.9 Å². The number of carbonyl (C=O) groups is 2. The Morgan fingerprint density at radius 1 is 1.23 bits per heavy atom. The fourth-order valence-corrected chi connectivity index (χ4v) is 2.75. The molecular formula is C20H33N7O3. The van der Waals surface area contributed by atoms with E-state index in [9.17, 15) is 9.59 Å². The lowest BCUT2D eigenvalue weighted by Gasteiger charge is -2.17. The second-order valence-electron chi connectivity index (χ2n) is 7.19. The van der Waals surface area contributed by atoms with Gasteiger partial charge in [0.05, 0.1) is 24.5 Å². The average molecular weight is 420 g/mol. The highest BCUT2D eigenvalue weighted by Crippen LogP contribution is 2.21. The van der Waals surface area contributed by atoms with E-state index in [0.717, 1.165) is 5.56 Å². The lowest BCUT2D eigenvalue weighted by atomic mass is 10.0. The van der Waals surface area contributed by atoms with E-state index in [0.29, 0.717) is 30.8 Å². The normalized spacial score (nSPS) is 12.7. The summed E-state index contributed by atoms with van der Waals surface area (Å²) in [4.78, 5) is 23.8. The summed E-state index contributed by atoms with van der Waals surface area (Å²) in [6, 6.07) is 5.37. The number of aliphatic hydroxyl groups is 1. The topological polar surface area (TPSA) is 161 Å². The molecule has 10 nitrogen and oxygen atoms in total. The molecule has 166 valence electrons. The minimum absolute atomic E-state index is 0. The molecule has 2 aromatic rings. The van der Waals surface area contributed by atoms with Gasteiger partial charge in [0.2, 0.25) is 5.91 Å². The van der Waals surface area contributed by atoms with E-state index >= 15 is 0 Å². The van der Waals surface area contributed by atoms with Crippen LogP contribution in [-0.4, -0.2) is 38.6 Å². The minimum Gasteiger partial charge on any atom is -0.392 e. The molecule has 1 aromatic carbocycles. The van der Waals surface area contributed by atoms with Crippen LogP contribution in [0.25, 0.3) is 0 Å². The molecule has 0 aliphatic heterocycles. The van der Waals surface area contributed by atoms with Gasteiger partial charge in [-0.15, -0.1) is 5.10 Å². The van der Waals surface area contributed by atoms with E-state index in [-0.39, 0.29) is 31.9 Å². The maximum atomic E-state index is 12.9. The highest BCUT2D eigenvalue weighted by atomic mass is 16.3. The van der Waals surface area contributed by atoms with Crippen molar-refractivity contribution in [3.63, 3.8) is 0 Å². The predicted octanol–water partition coefficient (Wildman–Crippen LogP) is 1.69. The van der Waals surface area contributed by atoms with Gasteiger partial charge < -0.3 is 27.2 Å². The van der Waals surface area contributed by atoms with Crippen molar-refractivity contribution >= 4 is 17.6 Å². The Morgan fingerprint density at radius 3 is 2.47 bits per heavy atom. The van der Waals surface area contributed by atoms with E-state index in [4.69, 9.17) is 16.6 Å². The molecule has 30 heavy (non-hydrogen) atoms. The molecule has 0 aliphatic rings. The summed E-state index contributed by atoms with van der Waals surface area (Å²) in [5, 5.41) is 22.7. The minimum atomic E-state index is -0.636. The number of aromatic nitrogens is 3. The average Bonchev–Trinajstić information content (AvgIpc) is 3.17. The molecule has 3 amide bonds. The van der Waals surface area contributed by atoms with Crippen molar-refractivity contribution in [1.29, 1.82) is 0 Å². The van der Waals surface area contributed by atoms with Crippen LogP contribution in [0.4, 0.5) is 10.5 Å². The van der Waals surface area contributed by atoms with E-state index in [1.54, 1.807) is 30.5 Å². The Morgan fingerprint density at radius 2 is 1.90 bits per heavy atom. The first-order valence-electron chi connectivity index (χ1n) is 9.53. The molecule has 10 heteroatoms. The van der Waals surface area contributed by atoms with Crippen molar-refractivity contribution in [2.24, 2.45) is 17.4 Å². The SMILES string of the molecule is C.CC(C)[C@H](N)c1cn([C@@H](CCCNC(N)=O)C(=O)Nc2ccc(CO)cc2)nn1. The predicted molar refractivity (Wildman–Crippen MR) is 115 cm³/mol. The third-order valence-electron chi connectivity index (χ3n) is 4.57. The molecular weight excluding hydrogens is 386 g/mol. The van der Waals surface area contributed by atoms with Crippen LogP contribution >= 0.6 is 0 Å². The zero-order chi connectivity index (χ0) is 21.4. The number of nitrogens with zero attached hydrogens (tertiary/aromatic N) is 3. The van der Waals surface area contributed by atoms with Gasteiger partial charge in [-0.2, -0.15) is 0 Å². The van der Waals surface area contributed by atoms with Crippen molar-refractivity contribution < 1.29 is 14.7 Å². The van der Waals surface area contributed by atoms with Crippen molar-refractivity contribution in [3.05, 3.63) is 41.7 Å². The molecule has 0 aliphatic carbocycles. The number of rotatable bonds is 10. The van der Waals surface area contributed by atoms with Gasteiger partial charge in [-0.05, 0) is 36.5 Å². The fourth-order valence-electron chi connectivity index (χ4n) is 2.75. The first-order valence-corrected chi connectivity index (χ1v) is 9.53. The molecule has 0 saturated heterocycles. The van der Waals surface area contributed by atoms with E-state index < -0.39 is 12.1 Å². The summed E-state index contributed by atoms with van der Waals surface area (Å²) in [6.07, 6.45) is 2.63. The number of nitrogens with one attached hydrogen (secondary N) is 2. The highest BCUT2D eigenvalue weighted by Gasteiger charge is 2.24. The third kappa shape index (κ3) is 7.12. The standard InChI is InChI=1S/C19H29N7O3.CH4/c1-12(2)17(20)15-10-26(25-24-15)16(4-3-9-22-19(21)29)18(28)23-14-7-5-13(11-27)6-8-14;/h5-8,10,12,16-17,27H,3-4,9,11,20H2,1-2H3,(H,23,28)(H3,21,22,29);1H4/t16-,17-;/m0./s1. The number of nitrogens with two attached hydrogens (primary N) is 2. The summed E-state index contributed by atoms with van der Waals surface area (Å²) >= 11 is 0. The quantitative estimate of drug-likeness (QED) is 0.368. The van der Waals surface area contributed by atoms with Crippen molar-refractivity contribution in [2.45, 2.75) is 52.8 Å². The van der Waals surface area contributed by atoms with Gasteiger partial charge in [0.1, 0.15) is 6.04 Å². The Balaban J connectivity index is 0.00000450. The largest absolute Gasteiger partial charge is 0.392 e. The van der Waals surface area contributed by atoms with Crippen LogP contribution in [0.2, 0.25) is 0 Å². The number of hydrogen-bond acceptors (Lipinski definition) is 6. The Hall–Kier alpha value is -2.98. The van der Waals surface area contributed by atoms with Gasteiger partial charge in [-0.3, -0.25) is 4.79 Å². The fraction of sp³-hybridized carbons (Fsp3) is 0.500. The second-order valence-corrected chi connectivity index (χ2v) is 7.19. The lowest BCUT2D eigenvalue weighted by molar-refractivity contribution is -0.119. The maximum Gasteiger partial charge on any atom is 0.312 e. The molecule has 1 aromatic heterocycles. The van der Waals surface area contributed by atoms with Crippen molar-refractivity contribution in [2.75, 3.05) is 11.9 Å². The van der Waals surface area contributed by atoms with Gasteiger partial charge in [0.15, 0.2) is 0 Å². The van der Waals surface area contributed by atoms with Gasteiger partial charge in [0, 0.05) is 12.2 Å². The van der Waals surface area contributed by atoms with E-state index in [1.807, 2.05) is 13.8 Å². The molecule has 0 fully saturated rings. The zero-order valence-corrected chi connectivity index (χ0v) is 16.7. The molecule has 0 spiro atoms. The summed E-state index contributed by atoms with van der Waals surface area (Å²) in [7, 11) is 0. The number of benzene rings is 1. The Labute approximate surface area is 177 Å². The molecule has 1 heterocycles. The third-order valence-corrected chi connectivity index (χ3v) is 4.57. The summed E-state index contributed by atoms with van der Waals surface area (Å²) in [6.45, 7) is 4.25. The summed E-state index contributed by atoms with van der Waals surface area (Å²) in [5.41, 5.74) is 13.2. The van der Waals surface area contributed by atoms with Crippen LogP contribution in [-0.2, 0) is 11.4 Å². The summed E-state index contributed by atoms with van der Waals surface area (Å²) < 4.78 is 1.50. The second kappa shape index (κ2) is 11.9. The van der Waals surface area contributed by atoms with Crippen LogP contribution in [0.15, 0.2) is 30.5 Å². The van der Waals surface area contributed by atoms with Gasteiger partial charge >= 0.3 is 6.03 Å². The number of amides is 3. The highest BCUT2D eigenvalue weighted by molar-refractivity contribution is 5.93. The van der Waals surface area contributed by atoms with Gasteiger partial charge in [-0.1, -0.05) is 38.6 Å². The van der Waals surface area contributed by atoms with E-state index in [1.165, 1.54) is 4.68 Å². The Bertz CT molecular complexity index is 805. The molecule has 0 unspecified atom stereocenters.